The maximum Gasteiger partial charge on any atom is 0.434 e. The quantitative estimate of drug-likeness (QED) is 0.835. The second-order valence-corrected chi connectivity index (χ2v) is 6.90. The Labute approximate surface area is 157 Å². The number of alkyl halides is 3. The third-order valence-corrected chi connectivity index (χ3v) is 4.96. The largest absolute Gasteiger partial charge is 0.434 e. The average Bonchev–Trinajstić information content (AvgIpc) is 3.04. The molecule has 0 radical (unpaired) electrons. The van der Waals surface area contributed by atoms with Gasteiger partial charge in [0.05, 0.1) is 19.0 Å². The number of rotatable bonds is 3. The zero-order chi connectivity index (χ0) is 19.4. The van der Waals surface area contributed by atoms with E-state index in [4.69, 9.17) is 0 Å². The van der Waals surface area contributed by atoms with Gasteiger partial charge in [-0.1, -0.05) is 30.3 Å². The van der Waals surface area contributed by atoms with Crippen LogP contribution >= 0.6 is 11.3 Å². The number of halogens is 3. The monoisotopic (exact) mass is 398 g/mol. The van der Waals surface area contributed by atoms with Crippen LogP contribution in [0, 0.1) is 0 Å². The molecule has 2 heterocycles. The molecule has 0 bridgehead atoms. The van der Waals surface area contributed by atoms with Crippen molar-refractivity contribution in [2.24, 2.45) is 0 Å². The number of carbonyl (C=O) groups is 2. The molecular formula is C17H17F3N4O2S. The molecule has 1 aliphatic heterocycles. The lowest BCUT2D eigenvalue weighted by Gasteiger charge is -2.29. The van der Waals surface area contributed by atoms with Gasteiger partial charge in [0.1, 0.15) is 5.01 Å². The van der Waals surface area contributed by atoms with Crippen LogP contribution in [0.3, 0.4) is 0 Å². The van der Waals surface area contributed by atoms with Crippen molar-refractivity contribution in [1.82, 2.24) is 20.5 Å². The van der Waals surface area contributed by atoms with Gasteiger partial charge < -0.3 is 15.5 Å². The highest BCUT2D eigenvalue weighted by Crippen LogP contribution is 2.30. The van der Waals surface area contributed by atoms with E-state index in [1.807, 2.05) is 30.3 Å². The Balaban J connectivity index is 1.71. The molecule has 2 N–H and O–H groups in total. The van der Waals surface area contributed by atoms with Crippen molar-refractivity contribution in [3.63, 3.8) is 0 Å². The van der Waals surface area contributed by atoms with Crippen LogP contribution in [0.25, 0.3) is 0 Å². The molecule has 3 rings (SSSR count). The highest BCUT2D eigenvalue weighted by atomic mass is 32.1. The van der Waals surface area contributed by atoms with Crippen LogP contribution in [0.4, 0.5) is 18.0 Å². The van der Waals surface area contributed by atoms with Gasteiger partial charge in [-0.05, 0) is 5.56 Å². The van der Waals surface area contributed by atoms with Gasteiger partial charge >= 0.3 is 12.2 Å². The minimum atomic E-state index is -4.51. The Morgan fingerprint density at radius 2 is 2.07 bits per heavy atom. The summed E-state index contributed by atoms with van der Waals surface area (Å²) in [5.41, 5.74) is -0.151. The van der Waals surface area contributed by atoms with Crippen LogP contribution in [-0.2, 0) is 17.5 Å². The summed E-state index contributed by atoms with van der Waals surface area (Å²) in [5, 5.41) is 6.41. The standard InChI is InChI=1S/C17H17F3N4O2S/c18-17(19,20)13-10-27-15(23-13)9-22-16(26)24-7-6-21-14(25)8-12(24)11-4-2-1-3-5-11/h1-5,10,12H,6-9H2,(H,21,25)(H,22,26). The number of carbonyl (C=O) groups excluding carboxylic acids is 2. The van der Waals surface area contributed by atoms with Gasteiger partial charge in [0.2, 0.25) is 5.91 Å². The van der Waals surface area contributed by atoms with Crippen LogP contribution in [0.1, 0.15) is 28.7 Å². The number of nitrogens with zero attached hydrogens (tertiary/aromatic N) is 2. The van der Waals surface area contributed by atoms with Crippen LogP contribution in [0.15, 0.2) is 35.7 Å². The second-order valence-electron chi connectivity index (χ2n) is 5.96. The number of hydrogen-bond acceptors (Lipinski definition) is 4. The number of benzene rings is 1. The molecule has 1 aliphatic rings. The summed E-state index contributed by atoms with van der Waals surface area (Å²) in [7, 11) is 0. The molecule has 0 spiro atoms. The van der Waals surface area contributed by atoms with Gasteiger partial charge in [-0.15, -0.1) is 11.3 Å². The zero-order valence-electron chi connectivity index (χ0n) is 14.1. The molecule has 6 nitrogen and oxygen atoms in total. The third kappa shape index (κ3) is 4.76. The van der Waals surface area contributed by atoms with Gasteiger partial charge in [0, 0.05) is 18.5 Å². The fourth-order valence-corrected chi connectivity index (χ4v) is 3.56. The second kappa shape index (κ2) is 7.95. The van der Waals surface area contributed by atoms with Gasteiger partial charge in [-0.25, -0.2) is 9.78 Å². The molecule has 10 heteroatoms. The number of nitrogens with one attached hydrogen (secondary N) is 2. The van der Waals surface area contributed by atoms with E-state index in [2.05, 4.69) is 15.6 Å². The molecule has 1 fully saturated rings. The van der Waals surface area contributed by atoms with E-state index >= 15 is 0 Å². The Kier molecular flexibility index (Phi) is 5.64. The van der Waals surface area contributed by atoms with E-state index in [0.29, 0.717) is 13.1 Å². The Bertz CT molecular complexity index is 810. The van der Waals surface area contributed by atoms with E-state index in [-0.39, 0.29) is 23.9 Å². The van der Waals surface area contributed by atoms with Gasteiger partial charge in [-0.3, -0.25) is 4.79 Å². The van der Waals surface area contributed by atoms with E-state index in [1.165, 1.54) is 4.90 Å². The summed E-state index contributed by atoms with van der Waals surface area (Å²) in [6.45, 7) is 0.493. The lowest BCUT2D eigenvalue weighted by Crippen LogP contribution is -2.43. The average molecular weight is 398 g/mol. The van der Waals surface area contributed by atoms with Crippen molar-refractivity contribution < 1.29 is 22.8 Å². The van der Waals surface area contributed by atoms with Gasteiger partial charge in [0.15, 0.2) is 5.69 Å². The Hall–Kier alpha value is -2.62. The SMILES string of the molecule is O=C1CC(c2ccccc2)N(C(=O)NCc2nc(C(F)(F)F)cs2)CCN1. The lowest BCUT2D eigenvalue weighted by molar-refractivity contribution is -0.140. The van der Waals surface area contributed by atoms with E-state index in [9.17, 15) is 22.8 Å². The van der Waals surface area contributed by atoms with Crippen LogP contribution in [-0.4, -0.2) is 34.9 Å². The predicted octanol–water partition coefficient (Wildman–Crippen LogP) is 2.93. The van der Waals surface area contributed by atoms with Gasteiger partial charge in [0.25, 0.3) is 0 Å². The van der Waals surface area contributed by atoms with E-state index < -0.39 is 23.9 Å². The smallest absolute Gasteiger partial charge is 0.354 e. The first-order chi connectivity index (χ1) is 12.8. The minimum Gasteiger partial charge on any atom is -0.354 e. The van der Waals surface area contributed by atoms with Crippen LogP contribution in [0.5, 0.6) is 0 Å². The molecule has 0 saturated carbocycles. The molecule has 1 aromatic carbocycles. The van der Waals surface area contributed by atoms with Crippen molar-refractivity contribution in [3.8, 4) is 0 Å². The Morgan fingerprint density at radius 3 is 2.74 bits per heavy atom. The summed E-state index contributed by atoms with van der Waals surface area (Å²) in [6, 6.07) is 8.25. The van der Waals surface area contributed by atoms with Crippen molar-refractivity contribution in [2.45, 2.75) is 25.2 Å². The number of aromatic nitrogens is 1. The van der Waals surface area contributed by atoms with Crippen LogP contribution < -0.4 is 10.6 Å². The summed E-state index contributed by atoms with van der Waals surface area (Å²) in [6.07, 6.45) is -4.39. The van der Waals surface area contributed by atoms with Crippen molar-refractivity contribution in [2.75, 3.05) is 13.1 Å². The molecule has 1 aromatic heterocycles. The number of amides is 3. The summed E-state index contributed by atoms with van der Waals surface area (Å²) in [5.74, 6) is -0.158. The van der Waals surface area contributed by atoms with Crippen molar-refractivity contribution >= 4 is 23.3 Å². The fraction of sp³-hybridized carbons (Fsp3) is 0.353. The number of urea groups is 1. The van der Waals surface area contributed by atoms with E-state index in [0.717, 1.165) is 22.3 Å². The molecule has 1 atom stereocenters. The normalized spacial score (nSPS) is 18.0. The third-order valence-electron chi connectivity index (χ3n) is 4.11. The first kappa shape index (κ1) is 19.2. The molecular weight excluding hydrogens is 381 g/mol. The van der Waals surface area contributed by atoms with Crippen molar-refractivity contribution in [1.29, 1.82) is 0 Å². The molecule has 144 valence electrons. The van der Waals surface area contributed by atoms with Gasteiger partial charge in [-0.2, -0.15) is 13.2 Å². The number of hydrogen-bond donors (Lipinski definition) is 2. The number of thiazole rings is 1. The first-order valence-corrected chi connectivity index (χ1v) is 9.10. The maximum atomic E-state index is 12.6. The van der Waals surface area contributed by atoms with Crippen LogP contribution in [0.2, 0.25) is 0 Å². The summed E-state index contributed by atoms with van der Waals surface area (Å²) < 4.78 is 37.9. The van der Waals surface area contributed by atoms with E-state index in [1.54, 1.807) is 0 Å². The summed E-state index contributed by atoms with van der Waals surface area (Å²) >= 11 is 0.836. The molecule has 3 amide bonds. The molecule has 0 aliphatic carbocycles. The zero-order valence-corrected chi connectivity index (χ0v) is 14.9. The maximum absolute atomic E-state index is 12.6. The molecule has 1 unspecified atom stereocenters. The first-order valence-electron chi connectivity index (χ1n) is 8.22. The molecule has 27 heavy (non-hydrogen) atoms. The lowest BCUT2D eigenvalue weighted by atomic mass is 10.0. The topological polar surface area (TPSA) is 74.3 Å². The van der Waals surface area contributed by atoms with Crippen molar-refractivity contribution in [3.05, 3.63) is 52.0 Å². The molecule has 2 aromatic rings. The highest BCUT2D eigenvalue weighted by molar-refractivity contribution is 7.09. The highest BCUT2D eigenvalue weighted by Gasteiger charge is 2.34. The minimum absolute atomic E-state index is 0.112. The predicted molar refractivity (Wildman–Crippen MR) is 92.9 cm³/mol. The Morgan fingerprint density at radius 1 is 1.33 bits per heavy atom. The summed E-state index contributed by atoms with van der Waals surface area (Å²) in [4.78, 5) is 29.6. The molecule has 1 saturated heterocycles. The fourth-order valence-electron chi connectivity index (χ4n) is 2.82.